The first-order valence-electron chi connectivity index (χ1n) is 6.80. The third-order valence-corrected chi connectivity index (χ3v) is 4.42. The van der Waals surface area contributed by atoms with Crippen LogP contribution < -0.4 is 4.72 Å². The quantitative estimate of drug-likeness (QED) is 0.552. The van der Waals surface area contributed by atoms with E-state index in [0.29, 0.717) is 17.7 Å². The average Bonchev–Trinajstić information content (AvgIpc) is 3.06. The molecule has 0 fully saturated rings. The molecule has 0 aliphatic heterocycles. The predicted molar refractivity (Wildman–Crippen MR) is 89.3 cm³/mol. The first-order chi connectivity index (χ1) is 11.2. The van der Waals surface area contributed by atoms with Crippen molar-refractivity contribution in [2.45, 2.75) is 11.8 Å². The molecule has 8 heteroatoms. The molecule has 0 radical (unpaired) electrons. The molecule has 23 heavy (non-hydrogen) atoms. The highest BCUT2D eigenvalue weighted by Gasteiger charge is 2.11. The summed E-state index contributed by atoms with van der Waals surface area (Å²) in [6, 6.07) is 9.96. The second-order valence-electron chi connectivity index (χ2n) is 4.51. The first kappa shape index (κ1) is 15.7. The number of halogens is 1. The van der Waals surface area contributed by atoms with E-state index >= 15 is 0 Å². The molecule has 0 saturated heterocycles. The summed E-state index contributed by atoms with van der Waals surface area (Å²) in [6.45, 7) is 2.11. The van der Waals surface area contributed by atoms with Crippen LogP contribution in [0.4, 0.5) is 10.1 Å². The highest BCUT2D eigenvalue weighted by molar-refractivity contribution is 8.00. The van der Waals surface area contributed by atoms with Gasteiger partial charge in [-0.15, -0.1) is 0 Å². The molecule has 0 unspecified atom stereocenters. The van der Waals surface area contributed by atoms with Gasteiger partial charge in [-0.25, -0.2) is 9.18 Å². The van der Waals surface area contributed by atoms with E-state index in [1.807, 2.05) is 0 Å². The van der Waals surface area contributed by atoms with Crippen LogP contribution in [0.2, 0.25) is 0 Å². The molecular weight excluding hydrogens is 337 g/mol. The number of aromatic nitrogens is 2. The van der Waals surface area contributed by atoms with E-state index in [9.17, 15) is 9.18 Å². The standard InChI is InChI=1S/C15H12FN3O2S2/c1-2-21-15(20)9-3-5-10(6-4-9)17-22-12-8-7-11(16)13-14(12)19-23-18-13/h3-8,17H,2H2,1H3. The zero-order valence-electron chi connectivity index (χ0n) is 12.1. The number of benzene rings is 2. The molecule has 1 N–H and O–H groups in total. The third-order valence-electron chi connectivity index (χ3n) is 3.00. The van der Waals surface area contributed by atoms with Gasteiger partial charge in [0.15, 0.2) is 5.82 Å². The number of hydrogen-bond acceptors (Lipinski definition) is 7. The van der Waals surface area contributed by atoms with Gasteiger partial charge in [-0.2, -0.15) is 8.75 Å². The number of carbonyl (C=O) groups excluding carboxylic acids is 1. The molecule has 3 rings (SSSR count). The molecule has 0 aliphatic carbocycles. The van der Waals surface area contributed by atoms with Gasteiger partial charge in [0.2, 0.25) is 0 Å². The Kier molecular flexibility index (Phi) is 4.73. The molecule has 0 aliphatic rings. The summed E-state index contributed by atoms with van der Waals surface area (Å²) >= 11 is 2.29. The Hall–Kier alpha value is -2.19. The van der Waals surface area contributed by atoms with Gasteiger partial charge in [-0.1, -0.05) is 0 Å². The Morgan fingerprint density at radius 1 is 1.22 bits per heavy atom. The lowest BCUT2D eigenvalue weighted by Crippen LogP contribution is -2.04. The number of carbonyl (C=O) groups is 1. The number of rotatable bonds is 5. The van der Waals surface area contributed by atoms with E-state index in [0.717, 1.165) is 22.3 Å². The van der Waals surface area contributed by atoms with Gasteiger partial charge >= 0.3 is 5.97 Å². The number of nitrogens with zero attached hydrogens (tertiary/aromatic N) is 2. The Labute approximate surface area is 140 Å². The maximum absolute atomic E-state index is 13.6. The highest BCUT2D eigenvalue weighted by atomic mass is 32.2. The number of nitrogens with one attached hydrogen (secondary N) is 1. The van der Waals surface area contributed by atoms with Crippen molar-refractivity contribution in [1.29, 1.82) is 0 Å². The van der Waals surface area contributed by atoms with E-state index in [1.54, 1.807) is 37.3 Å². The molecule has 1 heterocycles. The van der Waals surface area contributed by atoms with Crippen molar-refractivity contribution in [1.82, 2.24) is 8.75 Å². The van der Waals surface area contributed by atoms with Crippen LogP contribution in [0.1, 0.15) is 17.3 Å². The van der Waals surface area contributed by atoms with E-state index in [-0.39, 0.29) is 17.3 Å². The number of ether oxygens (including phenoxy) is 1. The van der Waals surface area contributed by atoms with Gasteiger partial charge in [-0.3, -0.25) is 0 Å². The SMILES string of the molecule is CCOC(=O)c1ccc(NSc2ccc(F)c3nsnc23)cc1. The minimum Gasteiger partial charge on any atom is -0.462 e. The average molecular weight is 349 g/mol. The van der Waals surface area contributed by atoms with Crippen LogP contribution >= 0.6 is 23.7 Å². The molecule has 118 valence electrons. The second kappa shape index (κ2) is 6.93. The summed E-state index contributed by atoms with van der Waals surface area (Å²) in [4.78, 5) is 12.4. The lowest BCUT2D eigenvalue weighted by molar-refractivity contribution is 0.0526. The van der Waals surface area contributed by atoms with Crippen molar-refractivity contribution in [2.24, 2.45) is 0 Å². The van der Waals surface area contributed by atoms with E-state index in [1.165, 1.54) is 18.0 Å². The van der Waals surface area contributed by atoms with Crippen LogP contribution in [0.25, 0.3) is 11.0 Å². The van der Waals surface area contributed by atoms with Gasteiger partial charge < -0.3 is 9.46 Å². The maximum atomic E-state index is 13.6. The summed E-state index contributed by atoms with van der Waals surface area (Å²) in [5, 5.41) is 0. The second-order valence-corrected chi connectivity index (χ2v) is 5.89. The molecule has 0 spiro atoms. The molecule has 0 atom stereocenters. The van der Waals surface area contributed by atoms with E-state index in [2.05, 4.69) is 13.5 Å². The minimum atomic E-state index is -0.378. The fourth-order valence-corrected chi connectivity index (χ4v) is 3.26. The molecule has 2 aromatic carbocycles. The normalized spacial score (nSPS) is 10.7. The lowest BCUT2D eigenvalue weighted by Gasteiger charge is -2.07. The summed E-state index contributed by atoms with van der Waals surface area (Å²) in [5.41, 5.74) is 2.12. The Bertz CT molecular complexity index is 836. The van der Waals surface area contributed by atoms with Crippen LogP contribution in [0.3, 0.4) is 0 Å². The van der Waals surface area contributed by atoms with Crippen molar-refractivity contribution in [3.05, 3.63) is 47.8 Å². The van der Waals surface area contributed by atoms with Crippen LogP contribution in [-0.2, 0) is 4.74 Å². The third kappa shape index (κ3) is 3.43. The fraction of sp³-hybridized carbons (Fsp3) is 0.133. The van der Waals surface area contributed by atoms with Crippen molar-refractivity contribution in [3.8, 4) is 0 Å². The molecule has 5 nitrogen and oxygen atoms in total. The molecular formula is C15H12FN3O2S2. The summed E-state index contributed by atoms with van der Waals surface area (Å²) < 4.78 is 29.7. The highest BCUT2D eigenvalue weighted by Crippen LogP contribution is 2.29. The van der Waals surface area contributed by atoms with Crippen LogP contribution in [-0.4, -0.2) is 21.3 Å². The topological polar surface area (TPSA) is 64.1 Å². The molecule has 3 aromatic rings. The predicted octanol–water partition coefficient (Wildman–Crippen LogP) is 4.13. The molecule has 0 amide bonds. The molecule has 0 bridgehead atoms. The zero-order valence-corrected chi connectivity index (χ0v) is 13.7. The van der Waals surface area contributed by atoms with Gasteiger partial charge in [0.25, 0.3) is 0 Å². The Balaban J connectivity index is 1.71. The number of hydrogen-bond donors (Lipinski definition) is 1. The van der Waals surface area contributed by atoms with Crippen molar-refractivity contribution in [3.63, 3.8) is 0 Å². The molecule has 1 aromatic heterocycles. The Morgan fingerprint density at radius 2 is 1.96 bits per heavy atom. The van der Waals surface area contributed by atoms with Crippen molar-refractivity contribution < 1.29 is 13.9 Å². The van der Waals surface area contributed by atoms with E-state index < -0.39 is 0 Å². The fourth-order valence-electron chi connectivity index (χ4n) is 1.90. The van der Waals surface area contributed by atoms with Crippen molar-refractivity contribution >= 4 is 46.4 Å². The number of fused-ring (bicyclic) bond motifs is 1. The molecule has 0 saturated carbocycles. The number of anilines is 1. The van der Waals surface area contributed by atoms with Gasteiger partial charge in [0.1, 0.15) is 11.0 Å². The Morgan fingerprint density at radius 3 is 2.70 bits per heavy atom. The zero-order chi connectivity index (χ0) is 16.2. The maximum Gasteiger partial charge on any atom is 0.338 e. The van der Waals surface area contributed by atoms with E-state index in [4.69, 9.17) is 4.74 Å². The van der Waals surface area contributed by atoms with Crippen LogP contribution in [0.15, 0.2) is 41.3 Å². The van der Waals surface area contributed by atoms with Gasteiger partial charge in [0.05, 0.1) is 28.8 Å². The summed E-state index contributed by atoms with van der Waals surface area (Å²) in [5.74, 6) is -0.725. The largest absolute Gasteiger partial charge is 0.462 e. The number of esters is 1. The van der Waals surface area contributed by atoms with Gasteiger partial charge in [-0.05, 0) is 55.3 Å². The summed E-state index contributed by atoms with van der Waals surface area (Å²) in [7, 11) is 0. The smallest absolute Gasteiger partial charge is 0.338 e. The monoisotopic (exact) mass is 349 g/mol. The van der Waals surface area contributed by atoms with Gasteiger partial charge in [0, 0.05) is 5.69 Å². The first-order valence-corrected chi connectivity index (χ1v) is 8.34. The lowest BCUT2D eigenvalue weighted by atomic mass is 10.2. The van der Waals surface area contributed by atoms with Crippen LogP contribution in [0, 0.1) is 5.82 Å². The van der Waals surface area contributed by atoms with Crippen LogP contribution in [0.5, 0.6) is 0 Å². The van der Waals surface area contributed by atoms with Crippen molar-refractivity contribution in [2.75, 3.05) is 11.3 Å². The summed E-state index contributed by atoms with van der Waals surface area (Å²) in [6.07, 6.45) is 0. The minimum absolute atomic E-state index is 0.277.